The summed E-state index contributed by atoms with van der Waals surface area (Å²) < 4.78 is 0. The summed E-state index contributed by atoms with van der Waals surface area (Å²) in [6.45, 7) is 4.11. The van der Waals surface area contributed by atoms with Gasteiger partial charge in [-0.1, -0.05) is 31.2 Å². The second kappa shape index (κ2) is 4.54. The quantitative estimate of drug-likeness (QED) is 0.689. The maximum Gasteiger partial charge on any atom is 0.0610 e. The predicted molar refractivity (Wildman–Crippen MR) is 51.9 cm³/mol. The molecule has 0 bridgehead atoms. The molecule has 2 nitrogen and oxygen atoms in total. The first-order valence-corrected chi connectivity index (χ1v) is 4.21. The molecule has 0 saturated carbocycles. The minimum Gasteiger partial charge on any atom is -0.278 e. The second-order valence-electron chi connectivity index (χ2n) is 2.54. The van der Waals surface area contributed by atoms with Gasteiger partial charge < -0.3 is 0 Å². The van der Waals surface area contributed by atoms with Gasteiger partial charge in [-0.15, -0.1) is 0 Å². The molecular formula is C10H14N2. The van der Waals surface area contributed by atoms with E-state index >= 15 is 0 Å². The van der Waals surface area contributed by atoms with E-state index in [2.05, 4.69) is 23.2 Å². The zero-order chi connectivity index (χ0) is 8.81. The van der Waals surface area contributed by atoms with Crippen LogP contribution in [0.5, 0.6) is 0 Å². The van der Waals surface area contributed by atoms with Crippen molar-refractivity contribution in [2.45, 2.75) is 20.3 Å². The Morgan fingerprint density at radius 2 is 2.42 bits per heavy atom. The van der Waals surface area contributed by atoms with Crippen LogP contribution in [-0.4, -0.2) is 10.2 Å². The summed E-state index contributed by atoms with van der Waals surface area (Å²) in [5, 5.41) is 9.17. The zero-order valence-electron chi connectivity index (χ0n) is 7.54. The summed E-state index contributed by atoms with van der Waals surface area (Å²) in [4.78, 5) is 0. The molecule has 1 aromatic heterocycles. The molecule has 0 aromatic carbocycles. The molecule has 12 heavy (non-hydrogen) atoms. The van der Waals surface area contributed by atoms with Crippen molar-refractivity contribution in [3.8, 4) is 0 Å². The van der Waals surface area contributed by atoms with Crippen molar-refractivity contribution in [3.63, 3.8) is 0 Å². The van der Waals surface area contributed by atoms with Gasteiger partial charge in [0, 0.05) is 5.22 Å². The van der Waals surface area contributed by atoms with Gasteiger partial charge in [-0.25, -0.2) is 0 Å². The molecule has 0 spiro atoms. The van der Waals surface area contributed by atoms with Crippen LogP contribution in [0.25, 0.3) is 12.2 Å². The number of H-pyrrole nitrogens is 1. The van der Waals surface area contributed by atoms with E-state index in [9.17, 15) is 0 Å². The molecule has 0 aliphatic carbocycles. The Labute approximate surface area is 72.3 Å². The van der Waals surface area contributed by atoms with Crippen LogP contribution in [0.4, 0.5) is 0 Å². The summed E-state index contributed by atoms with van der Waals surface area (Å²) in [6.07, 6.45) is 11.0. The van der Waals surface area contributed by atoms with E-state index in [4.69, 9.17) is 0 Å². The lowest BCUT2D eigenvalue weighted by Gasteiger charge is -1.77. The van der Waals surface area contributed by atoms with Crippen LogP contribution in [0.1, 0.15) is 20.3 Å². The van der Waals surface area contributed by atoms with Crippen molar-refractivity contribution in [2.75, 3.05) is 0 Å². The van der Waals surface area contributed by atoms with Crippen molar-refractivity contribution < 1.29 is 0 Å². The van der Waals surface area contributed by atoms with Crippen LogP contribution in [0, 0.1) is 0 Å². The highest BCUT2D eigenvalue weighted by molar-refractivity contribution is 5.36. The lowest BCUT2D eigenvalue weighted by molar-refractivity contribution is 1.05. The molecule has 2 heteroatoms. The maximum atomic E-state index is 3.97. The summed E-state index contributed by atoms with van der Waals surface area (Å²) in [7, 11) is 0. The predicted octanol–water partition coefficient (Wildman–Crippen LogP) is 0.957. The first-order chi connectivity index (χ1) is 5.88. The minimum atomic E-state index is 1.03. The molecular weight excluding hydrogens is 148 g/mol. The molecule has 64 valence electrons. The van der Waals surface area contributed by atoms with Gasteiger partial charge in [-0.3, -0.25) is 5.10 Å². The highest BCUT2D eigenvalue weighted by Gasteiger charge is 1.83. The van der Waals surface area contributed by atoms with Crippen molar-refractivity contribution in [1.29, 1.82) is 0 Å². The molecule has 1 N–H and O–H groups in total. The fourth-order valence-corrected chi connectivity index (χ4v) is 1.01. The van der Waals surface area contributed by atoms with Crippen LogP contribution >= 0.6 is 0 Å². The van der Waals surface area contributed by atoms with Gasteiger partial charge in [0.2, 0.25) is 0 Å². The highest BCUT2D eigenvalue weighted by Crippen LogP contribution is 1.73. The third kappa shape index (κ3) is 2.09. The lowest BCUT2D eigenvalue weighted by atomic mass is 10.3. The molecule has 0 unspecified atom stereocenters. The SMILES string of the molecule is C\C=C/C=c1/cn[nH]/c1=C\CC. The van der Waals surface area contributed by atoms with Gasteiger partial charge in [0.25, 0.3) is 0 Å². The minimum absolute atomic E-state index is 1.03. The van der Waals surface area contributed by atoms with E-state index in [0.717, 1.165) is 17.0 Å². The van der Waals surface area contributed by atoms with E-state index in [1.807, 2.05) is 31.3 Å². The monoisotopic (exact) mass is 162 g/mol. The van der Waals surface area contributed by atoms with E-state index < -0.39 is 0 Å². The summed E-state index contributed by atoms with van der Waals surface area (Å²) in [5.41, 5.74) is 0. The van der Waals surface area contributed by atoms with Gasteiger partial charge in [0.1, 0.15) is 0 Å². The van der Waals surface area contributed by atoms with Gasteiger partial charge in [-0.05, 0) is 13.3 Å². The third-order valence-electron chi connectivity index (χ3n) is 1.58. The fraction of sp³-hybridized carbons (Fsp3) is 0.300. The number of aromatic amines is 1. The van der Waals surface area contributed by atoms with Crippen molar-refractivity contribution in [2.24, 2.45) is 0 Å². The zero-order valence-corrected chi connectivity index (χ0v) is 7.54. The average molecular weight is 162 g/mol. The number of allylic oxidation sites excluding steroid dienone is 2. The van der Waals surface area contributed by atoms with Crippen molar-refractivity contribution in [1.82, 2.24) is 10.2 Å². The highest BCUT2D eigenvalue weighted by atomic mass is 15.1. The molecule has 0 aliphatic rings. The van der Waals surface area contributed by atoms with Gasteiger partial charge in [0.15, 0.2) is 0 Å². The molecule has 0 saturated heterocycles. The Morgan fingerprint density at radius 1 is 1.58 bits per heavy atom. The summed E-state index contributed by atoms with van der Waals surface area (Å²) in [5.74, 6) is 0. The second-order valence-corrected chi connectivity index (χ2v) is 2.54. The standard InChI is InChI=1S/C10H14N2/c1-3-5-7-9-8-11-12-10(9)6-4-2/h3,5-8,12H,4H2,1-2H3/b5-3-,9-7-,10-6-. The van der Waals surface area contributed by atoms with Crippen LogP contribution < -0.4 is 10.6 Å². The smallest absolute Gasteiger partial charge is 0.0610 e. The summed E-state index contributed by atoms with van der Waals surface area (Å²) >= 11 is 0. The first-order valence-electron chi connectivity index (χ1n) is 4.21. The average Bonchev–Trinajstić information content (AvgIpc) is 2.50. The topological polar surface area (TPSA) is 28.7 Å². The molecule has 1 aromatic rings. The fourth-order valence-electron chi connectivity index (χ4n) is 1.01. The van der Waals surface area contributed by atoms with Gasteiger partial charge in [-0.2, -0.15) is 5.10 Å². The number of rotatable bonds is 2. The number of nitrogens with zero attached hydrogens (tertiary/aromatic N) is 1. The van der Waals surface area contributed by atoms with E-state index in [1.54, 1.807) is 0 Å². The van der Waals surface area contributed by atoms with Crippen LogP contribution in [-0.2, 0) is 0 Å². The van der Waals surface area contributed by atoms with E-state index in [-0.39, 0.29) is 0 Å². The Kier molecular flexibility index (Phi) is 3.33. The number of aromatic nitrogens is 2. The largest absolute Gasteiger partial charge is 0.278 e. The molecule has 0 fully saturated rings. The normalized spacial score (nSPS) is 14.8. The van der Waals surface area contributed by atoms with Gasteiger partial charge in [0.05, 0.1) is 11.5 Å². The Bertz CT molecular complexity index is 357. The Balaban J connectivity index is 3.16. The van der Waals surface area contributed by atoms with E-state index in [0.29, 0.717) is 0 Å². The Hall–Kier alpha value is -1.31. The maximum absolute atomic E-state index is 3.97. The van der Waals surface area contributed by atoms with Crippen LogP contribution in [0.2, 0.25) is 0 Å². The molecule has 1 rings (SSSR count). The van der Waals surface area contributed by atoms with Crippen molar-refractivity contribution in [3.05, 3.63) is 28.9 Å². The van der Waals surface area contributed by atoms with Gasteiger partial charge >= 0.3 is 0 Å². The molecule has 0 atom stereocenters. The molecule has 1 heterocycles. The molecule has 0 aliphatic heterocycles. The summed E-state index contributed by atoms with van der Waals surface area (Å²) in [6, 6.07) is 0. The lowest BCUT2D eigenvalue weighted by Crippen LogP contribution is -2.21. The van der Waals surface area contributed by atoms with Crippen LogP contribution in [0.15, 0.2) is 18.3 Å². The Morgan fingerprint density at radius 3 is 3.08 bits per heavy atom. The molecule has 0 amide bonds. The number of hydrogen-bond donors (Lipinski definition) is 1. The van der Waals surface area contributed by atoms with E-state index in [1.165, 1.54) is 0 Å². The van der Waals surface area contributed by atoms with Crippen molar-refractivity contribution >= 4 is 12.2 Å². The molecule has 0 radical (unpaired) electrons. The first kappa shape index (κ1) is 8.78. The van der Waals surface area contributed by atoms with Crippen LogP contribution in [0.3, 0.4) is 0 Å². The number of hydrogen-bond acceptors (Lipinski definition) is 1. The third-order valence-corrected chi connectivity index (χ3v) is 1.58. The number of nitrogens with one attached hydrogen (secondary N) is 1.